The molecule has 2 N–H and O–H groups in total. The van der Waals surface area contributed by atoms with Crippen molar-refractivity contribution in [2.45, 2.75) is 112 Å². The van der Waals surface area contributed by atoms with E-state index in [9.17, 15) is 19.4 Å². The second kappa shape index (κ2) is 9.26. The summed E-state index contributed by atoms with van der Waals surface area (Å²) in [5.74, 6) is 2.26. The molecular formula is C36H49FNO4. The van der Waals surface area contributed by atoms with E-state index in [1.165, 1.54) is 25.0 Å². The van der Waals surface area contributed by atoms with Crippen LogP contribution < -0.4 is 0 Å². The molecule has 6 fully saturated rings. The number of aliphatic hydroxyl groups is 2. The monoisotopic (exact) mass is 578 g/mol. The van der Waals surface area contributed by atoms with Gasteiger partial charge in [0.2, 0.25) is 5.91 Å². The summed E-state index contributed by atoms with van der Waals surface area (Å²) in [5.41, 5.74) is 0.844. The Kier molecular flexibility index (Phi) is 6.45. The molecule has 1 unspecified atom stereocenters. The number of hydrogen-bond donors (Lipinski definition) is 2. The molecule has 42 heavy (non-hydrogen) atoms. The molecular weight excluding hydrogens is 529 g/mol. The number of rotatable bonds is 4. The predicted molar refractivity (Wildman–Crippen MR) is 158 cm³/mol. The molecule has 0 bridgehead atoms. The average molecular weight is 579 g/mol. The lowest BCUT2D eigenvalue weighted by molar-refractivity contribution is -0.131. The van der Waals surface area contributed by atoms with Crippen LogP contribution in [0.25, 0.3) is 0 Å². The summed E-state index contributed by atoms with van der Waals surface area (Å²) in [6.07, 6.45) is 9.14. The molecule has 3 radical (unpaired) electrons. The van der Waals surface area contributed by atoms with Crippen molar-refractivity contribution in [2.75, 3.05) is 6.54 Å². The van der Waals surface area contributed by atoms with Crippen molar-refractivity contribution in [3.63, 3.8) is 0 Å². The first kappa shape index (κ1) is 29.2. The van der Waals surface area contributed by atoms with Crippen molar-refractivity contribution in [1.29, 1.82) is 0 Å². The second-order valence-electron chi connectivity index (χ2n) is 16.1. The normalized spacial score (nSPS) is 46.2. The Morgan fingerprint density at radius 3 is 2.45 bits per heavy atom. The topological polar surface area (TPSA) is 70.0 Å². The molecule has 5 nitrogen and oxygen atoms in total. The van der Waals surface area contributed by atoms with Gasteiger partial charge in [-0.05, 0) is 108 Å². The van der Waals surface area contributed by atoms with Crippen LogP contribution in [0.5, 0.6) is 0 Å². The third-order valence-electron chi connectivity index (χ3n) is 14.2. The molecule has 5 aliphatic carbocycles. The van der Waals surface area contributed by atoms with Crippen molar-refractivity contribution in [2.24, 2.45) is 44.8 Å². The number of carbonyl (C=O) groups is 1. The van der Waals surface area contributed by atoms with Crippen molar-refractivity contribution >= 4 is 5.91 Å². The Bertz CT molecular complexity index is 1250. The molecule has 5 saturated carbocycles. The van der Waals surface area contributed by atoms with Crippen LogP contribution in [0.1, 0.15) is 98.5 Å². The zero-order valence-electron chi connectivity index (χ0n) is 26.3. The first-order valence-corrected chi connectivity index (χ1v) is 16.3. The van der Waals surface area contributed by atoms with Gasteiger partial charge in [-0.2, -0.15) is 0 Å². The van der Waals surface area contributed by atoms with Crippen LogP contribution in [0.15, 0.2) is 24.3 Å². The molecule has 1 aromatic carbocycles. The van der Waals surface area contributed by atoms with E-state index < -0.39 is 6.10 Å². The van der Waals surface area contributed by atoms with E-state index in [4.69, 9.17) is 4.74 Å². The van der Waals surface area contributed by atoms with Crippen LogP contribution >= 0.6 is 0 Å². The van der Waals surface area contributed by atoms with Gasteiger partial charge in [-0.25, -0.2) is 4.39 Å². The second-order valence-corrected chi connectivity index (χ2v) is 16.1. The van der Waals surface area contributed by atoms with Crippen LogP contribution in [0, 0.1) is 68.8 Å². The number of fused-ring (bicyclic) bond motifs is 4. The predicted octanol–water partition coefficient (Wildman–Crippen LogP) is 6.63. The quantitative estimate of drug-likeness (QED) is 0.421. The SMILES string of the molecule is CC(=O)N(C[C]1C[C@@H](C)[C@H]2[C](O1)[C@H](O)[C@@]1(C)[C]3CC[C@H]4C(C)(C)C(O)CC[C@@]45C[C@@]35CC[C@]21C)Cc1ccc(F)cc1. The van der Waals surface area contributed by atoms with Crippen LogP contribution in [0.3, 0.4) is 0 Å². The fourth-order valence-electron chi connectivity index (χ4n) is 11.9. The highest BCUT2D eigenvalue weighted by atomic mass is 19.1. The minimum absolute atomic E-state index is 0.0522. The van der Waals surface area contributed by atoms with E-state index in [1.54, 1.807) is 29.9 Å². The summed E-state index contributed by atoms with van der Waals surface area (Å²) >= 11 is 0. The van der Waals surface area contributed by atoms with Crippen molar-refractivity contribution in [1.82, 2.24) is 4.90 Å². The van der Waals surface area contributed by atoms with Crippen LogP contribution in [0.2, 0.25) is 0 Å². The van der Waals surface area contributed by atoms with Gasteiger partial charge < -0.3 is 19.8 Å². The molecule has 1 amide bonds. The number of ether oxygens (including phenoxy) is 1. The minimum Gasteiger partial charge on any atom is -0.393 e. The molecule has 6 heteroatoms. The molecule has 1 heterocycles. The van der Waals surface area contributed by atoms with Gasteiger partial charge in [0.1, 0.15) is 18.0 Å². The molecule has 0 aromatic heterocycles. The van der Waals surface area contributed by atoms with Crippen molar-refractivity contribution < 1.29 is 24.1 Å². The zero-order valence-corrected chi connectivity index (χ0v) is 26.3. The molecule has 2 spiro atoms. The van der Waals surface area contributed by atoms with Gasteiger partial charge in [-0.15, -0.1) is 0 Å². The van der Waals surface area contributed by atoms with Crippen LogP contribution in [0.4, 0.5) is 4.39 Å². The lowest BCUT2D eigenvalue weighted by Gasteiger charge is -2.63. The van der Waals surface area contributed by atoms with Gasteiger partial charge in [0.25, 0.3) is 0 Å². The first-order chi connectivity index (χ1) is 19.7. The molecule has 6 aliphatic rings. The number of benzene rings is 1. The smallest absolute Gasteiger partial charge is 0.219 e. The number of carbonyl (C=O) groups excluding carboxylic acids is 1. The maximum absolute atomic E-state index is 13.5. The maximum Gasteiger partial charge on any atom is 0.219 e. The van der Waals surface area contributed by atoms with Crippen LogP contribution in [-0.4, -0.2) is 39.8 Å². The highest BCUT2D eigenvalue weighted by Crippen LogP contribution is 2.90. The summed E-state index contributed by atoms with van der Waals surface area (Å²) in [6.45, 7) is 14.0. The molecule has 9 atom stereocenters. The highest BCUT2D eigenvalue weighted by molar-refractivity contribution is 5.73. The van der Waals surface area contributed by atoms with Gasteiger partial charge >= 0.3 is 0 Å². The van der Waals surface area contributed by atoms with Gasteiger partial charge in [0.15, 0.2) is 0 Å². The van der Waals surface area contributed by atoms with E-state index >= 15 is 0 Å². The lowest BCUT2D eigenvalue weighted by Crippen LogP contribution is -2.58. The largest absolute Gasteiger partial charge is 0.393 e. The number of halogens is 1. The van der Waals surface area contributed by atoms with Gasteiger partial charge in [0.05, 0.1) is 18.8 Å². The molecule has 7 rings (SSSR count). The average Bonchev–Trinajstić information content (AvgIpc) is 3.57. The molecule has 1 aromatic rings. The fourth-order valence-corrected chi connectivity index (χ4v) is 11.9. The number of aliphatic hydroxyl groups excluding tert-OH is 2. The Morgan fingerprint density at radius 2 is 1.76 bits per heavy atom. The van der Waals surface area contributed by atoms with E-state index in [1.807, 2.05) is 0 Å². The number of nitrogens with zero attached hydrogens (tertiary/aromatic N) is 1. The van der Waals surface area contributed by atoms with Gasteiger partial charge in [-0.3, -0.25) is 4.79 Å². The van der Waals surface area contributed by atoms with E-state index in [0.29, 0.717) is 24.9 Å². The fraction of sp³-hybridized carbons (Fsp3) is 0.722. The molecule has 1 saturated heterocycles. The Labute approximate surface area is 251 Å². The Hall–Kier alpha value is -1.50. The van der Waals surface area contributed by atoms with Crippen molar-refractivity contribution in [3.05, 3.63) is 53.8 Å². The summed E-state index contributed by atoms with van der Waals surface area (Å²) < 4.78 is 20.2. The van der Waals surface area contributed by atoms with Gasteiger partial charge in [0, 0.05) is 24.8 Å². The summed E-state index contributed by atoms with van der Waals surface area (Å²) in [4.78, 5) is 14.4. The van der Waals surface area contributed by atoms with Crippen molar-refractivity contribution in [3.8, 4) is 0 Å². The molecule has 229 valence electrons. The van der Waals surface area contributed by atoms with E-state index in [0.717, 1.165) is 56.3 Å². The highest BCUT2D eigenvalue weighted by Gasteiger charge is 2.85. The molecule has 1 aliphatic heterocycles. The minimum atomic E-state index is -0.670. The maximum atomic E-state index is 13.5. The first-order valence-electron chi connectivity index (χ1n) is 16.3. The number of amides is 1. The van der Waals surface area contributed by atoms with E-state index in [2.05, 4.69) is 34.6 Å². The van der Waals surface area contributed by atoms with Crippen LogP contribution in [-0.2, 0) is 16.1 Å². The summed E-state index contributed by atoms with van der Waals surface area (Å²) in [5, 5.41) is 23.3. The lowest BCUT2D eigenvalue weighted by atomic mass is 9.41. The van der Waals surface area contributed by atoms with E-state index in [-0.39, 0.29) is 50.8 Å². The Balaban J connectivity index is 1.15. The third kappa shape index (κ3) is 3.61. The van der Waals surface area contributed by atoms with Gasteiger partial charge in [-0.1, -0.05) is 46.8 Å². The number of hydrogen-bond acceptors (Lipinski definition) is 4. The zero-order chi connectivity index (χ0) is 30.0. The summed E-state index contributed by atoms with van der Waals surface area (Å²) in [7, 11) is 0. The third-order valence-corrected chi connectivity index (χ3v) is 14.2. The Morgan fingerprint density at radius 1 is 1.05 bits per heavy atom. The summed E-state index contributed by atoms with van der Waals surface area (Å²) in [6, 6.07) is 6.30. The standard InChI is InChI=1S/C36H49FNO4/c1-21-17-25(19-38(22(2)39)18-23-7-9-24(37)10-8-23)42-30-29(21)33(5)15-16-36-20-35(36)14-13-28(40)32(3,4)26(35)11-12-27(36)34(33,6)31(30)41/h7-10,21,26,28-29,31,40-41H,11-20H2,1-6H3/t21-,26+,28?,29+,31+,33-,34-,35-,36+/m1/s1.